The lowest BCUT2D eigenvalue weighted by molar-refractivity contribution is 0.211. The van der Waals surface area contributed by atoms with Gasteiger partial charge in [-0.05, 0) is 18.4 Å². The molecule has 3 rings (SSSR count). The Balaban J connectivity index is 1.47. The number of nitrogens with one attached hydrogen (secondary N) is 1. The minimum absolute atomic E-state index is 0.513. The summed E-state index contributed by atoms with van der Waals surface area (Å²) in [4.78, 5) is 4.11. The van der Waals surface area contributed by atoms with Crippen LogP contribution in [0.4, 0.5) is 5.82 Å². The number of hydrogen-bond acceptors (Lipinski definition) is 4. The molecule has 0 radical (unpaired) electrons. The monoisotopic (exact) mass is 271 g/mol. The molecule has 0 spiro atoms. The van der Waals surface area contributed by atoms with E-state index in [0.29, 0.717) is 6.04 Å². The summed E-state index contributed by atoms with van der Waals surface area (Å²) in [5, 5.41) is 11.8. The summed E-state index contributed by atoms with van der Waals surface area (Å²) in [6.07, 6.45) is 4.10. The molecule has 2 heterocycles. The van der Waals surface area contributed by atoms with Crippen LogP contribution >= 0.6 is 0 Å². The number of piperidine rings is 1. The predicted octanol–water partition coefficient (Wildman–Crippen LogP) is 1.89. The maximum absolute atomic E-state index is 4.27. The molecule has 1 N–H and O–H groups in total. The first-order valence-corrected chi connectivity index (χ1v) is 7.19. The van der Waals surface area contributed by atoms with E-state index in [2.05, 4.69) is 50.7 Å². The van der Waals surface area contributed by atoms with Crippen molar-refractivity contribution in [2.45, 2.75) is 25.4 Å². The summed E-state index contributed by atoms with van der Waals surface area (Å²) in [5.41, 5.74) is 1.40. The van der Waals surface area contributed by atoms with E-state index in [1.807, 2.05) is 7.05 Å². The highest BCUT2D eigenvalue weighted by atomic mass is 15.5. The van der Waals surface area contributed by atoms with Crippen molar-refractivity contribution in [1.29, 1.82) is 0 Å². The standard InChI is InChI=1S/C15H21N5/c1-19-16-11-15(18-19)17-14-7-9-20(10-8-14)12-13-5-3-2-4-6-13/h2-6,11,14H,7-10,12H2,1H3,(H,17,18). The Hall–Kier alpha value is -1.88. The SMILES string of the molecule is Cn1ncc(NC2CCN(Cc3ccccc3)CC2)n1. The molecule has 0 saturated carbocycles. The maximum atomic E-state index is 4.27. The van der Waals surface area contributed by atoms with Crippen LogP contribution in [0.5, 0.6) is 0 Å². The third kappa shape index (κ3) is 3.36. The van der Waals surface area contributed by atoms with Crippen LogP contribution in [0.2, 0.25) is 0 Å². The van der Waals surface area contributed by atoms with Crippen molar-refractivity contribution in [2.75, 3.05) is 18.4 Å². The van der Waals surface area contributed by atoms with Gasteiger partial charge in [0.05, 0.1) is 6.20 Å². The van der Waals surface area contributed by atoms with Gasteiger partial charge in [-0.3, -0.25) is 4.90 Å². The normalized spacial score (nSPS) is 17.2. The zero-order chi connectivity index (χ0) is 13.8. The fourth-order valence-electron chi connectivity index (χ4n) is 2.70. The Labute approximate surface area is 119 Å². The van der Waals surface area contributed by atoms with Gasteiger partial charge in [-0.25, -0.2) is 0 Å². The molecule has 0 aliphatic carbocycles. The lowest BCUT2D eigenvalue weighted by Gasteiger charge is -2.32. The van der Waals surface area contributed by atoms with E-state index in [-0.39, 0.29) is 0 Å². The predicted molar refractivity (Wildman–Crippen MR) is 79.4 cm³/mol. The van der Waals surface area contributed by atoms with Crippen molar-refractivity contribution in [3.8, 4) is 0 Å². The lowest BCUT2D eigenvalue weighted by Crippen LogP contribution is -2.38. The molecule has 20 heavy (non-hydrogen) atoms. The fraction of sp³-hybridized carbons (Fsp3) is 0.467. The quantitative estimate of drug-likeness (QED) is 0.922. The average Bonchev–Trinajstić information content (AvgIpc) is 2.88. The van der Waals surface area contributed by atoms with Gasteiger partial charge >= 0.3 is 0 Å². The number of likely N-dealkylation sites (tertiary alicyclic amines) is 1. The van der Waals surface area contributed by atoms with Crippen molar-refractivity contribution in [3.05, 3.63) is 42.1 Å². The minimum Gasteiger partial charge on any atom is -0.364 e. The van der Waals surface area contributed by atoms with Gasteiger partial charge < -0.3 is 5.32 Å². The Bertz CT molecular complexity index is 528. The number of nitrogens with zero attached hydrogens (tertiary/aromatic N) is 4. The molecular weight excluding hydrogens is 250 g/mol. The summed E-state index contributed by atoms with van der Waals surface area (Å²) in [6.45, 7) is 3.32. The molecule has 0 amide bonds. The van der Waals surface area contributed by atoms with Crippen LogP contribution in [-0.4, -0.2) is 39.0 Å². The van der Waals surface area contributed by atoms with Gasteiger partial charge in [0.2, 0.25) is 0 Å². The largest absolute Gasteiger partial charge is 0.364 e. The molecule has 5 heteroatoms. The molecule has 1 saturated heterocycles. The molecule has 2 aromatic rings. The van der Waals surface area contributed by atoms with Gasteiger partial charge in [0, 0.05) is 32.7 Å². The van der Waals surface area contributed by atoms with Crippen molar-refractivity contribution in [2.24, 2.45) is 7.05 Å². The molecule has 1 fully saturated rings. The summed E-state index contributed by atoms with van der Waals surface area (Å²) < 4.78 is 0. The number of hydrogen-bond donors (Lipinski definition) is 1. The van der Waals surface area contributed by atoms with Crippen LogP contribution in [0.25, 0.3) is 0 Å². The smallest absolute Gasteiger partial charge is 0.168 e. The maximum Gasteiger partial charge on any atom is 0.168 e. The Morgan fingerprint density at radius 1 is 1.20 bits per heavy atom. The van der Waals surface area contributed by atoms with Crippen LogP contribution < -0.4 is 5.32 Å². The van der Waals surface area contributed by atoms with Crippen molar-refractivity contribution >= 4 is 5.82 Å². The second kappa shape index (κ2) is 6.05. The Morgan fingerprint density at radius 3 is 2.60 bits per heavy atom. The average molecular weight is 271 g/mol. The van der Waals surface area contributed by atoms with Crippen LogP contribution in [0.1, 0.15) is 18.4 Å². The molecule has 1 aliphatic heterocycles. The zero-order valence-electron chi connectivity index (χ0n) is 11.9. The van der Waals surface area contributed by atoms with E-state index in [0.717, 1.165) is 38.3 Å². The Morgan fingerprint density at radius 2 is 1.95 bits per heavy atom. The van der Waals surface area contributed by atoms with E-state index in [9.17, 15) is 0 Å². The number of aromatic nitrogens is 3. The van der Waals surface area contributed by atoms with Crippen molar-refractivity contribution in [3.63, 3.8) is 0 Å². The molecule has 106 valence electrons. The zero-order valence-corrected chi connectivity index (χ0v) is 11.9. The first-order valence-electron chi connectivity index (χ1n) is 7.19. The first-order chi connectivity index (χ1) is 9.79. The molecule has 5 nitrogen and oxygen atoms in total. The van der Waals surface area contributed by atoms with E-state index in [4.69, 9.17) is 0 Å². The van der Waals surface area contributed by atoms with Crippen LogP contribution in [0, 0.1) is 0 Å². The Kier molecular flexibility index (Phi) is 3.97. The second-order valence-electron chi connectivity index (χ2n) is 5.40. The third-order valence-electron chi connectivity index (χ3n) is 3.79. The van der Waals surface area contributed by atoms with E-state index < -0.39 is 0 Å². The molecule has 1 aliphatic rings. The summed E-state index contributed by atoms with van der Waals surface area (Å²) in [5.74, 6) is 0.883. The highest BCUT2D eigenvalue weighted by Gasteiger charge is 2.19. The number of benzene rings is 1. The van der Waals surface area contributed by atoms with Gasteiger partial charge in [-0.15, -0.1) is 5.10 Å². The summed E-state index contributed by atoms with van der Waals surface area (Å²) in [7, 11) is 1.84. The van der Waals surface area contributed by atoms with E-state index in [1.165, 1.54) is 5.56 Å². The lowest BCUT2D eigenvalue weighted by atomic mass is 10.0. The highest BCUT2D eigenvalue weighted by Crippen LogP contribution is 2.16. The fourth-order valence-corrected chi connectivity index (χ4v) is 2.70. The molecule has 0 atom stereocenters. The summed E-state index contributed by atoms with van der Waals surface area (Å²) >= 11 is 0. The highest BCUT2D eigenvalue weighted by molar-refractivity contribution is 5.30. The van der Waals surface area contributed by atoms with E-state index >= 15 is 0 Å². The van der Waals surface area contributed by atoms with Gasteiger partial charge in [-0.1, -0.05) is 30.3 Å². The molecular formula is C15H21N5. The number of aryl methyl sites for hydroxylation is 1. The van der Waals surface area contributed by atoms with Crippen LogP contribution in [0.3, 0.4) is 0 Å². The van der Waals surface area contributed by atoms with Crippen molar-refractivity contribution in [1.82, 2.24) is 19.9 Å². The minimum atomic E-state index is 0.513. The third-order valence-corrected chi connectivity index (χ3v) is 3.79. The van der Waals surface area contributed by atoms with Gasteiger partial charge in [-0.2, -0.15) is 9.90 Å². The molecule has 1 aromatic carbocycles. The van der Waals surface area contributed by atoms with Gasteiger partial charge in [0.15, 0.2) is 5.82 Å². The topological polar surface area (TPSA) is 46.0 Å². The first kappa shape index (κ1) is 13.1. The molecule has 0 unspecified atom stereocenters. The van der Waals surface area contributed by atoms with Crippen LogP contribution in [0.15, 0.2) is 36.5 Å². The van der Waals surface area contributed by atoms with Gasteiger partial charge in [0.25, 0.3) is 0 Å². The second-order valence-corrected chi connectivity index (χ2v) is 5.40. The van der Waals surface area contributed by atoms with Crippen LogP contribution in [-0.2, 0) is 13.6 Å². The van der Waals surface area contributed by atoms with Gasteiger partial charge in [0.1, 0.15) is 0 Å². The van der Waals surface area contributed by atoms with Crippen molar-refractivity contribution < 1.29 is 0 Å². The number of anilines is 1. The number of rotatable bonds is 4. The molecule has 1 aromatic heterocycles. The summed E-state index contributed by atoms with van der Waals surface area (Å²) in [6, 6.07) is 11.2. The molecule has 0 bridgehead atoms. The van der Waals surface area contributed by atoms with E-state index in [1.54, 1.807) is 11.0 Å².